The van der Waals surface area contributed by atoms with Crippen LogP contribution in [-0.2, 0) is 0 Å². The highest BCUT2D eigenvalue weighted by Crippen LogP contribution is 2.56. The molecule has 1 heterocycles. The number of aliphatic hydroxyl groups excluding tert-OH is 1. The topological polar surface area (TPSA) is 44.6 Å². The third-order valence-electron chi connectivity index (χ3n) is 5.57. The van der Waals surface area contributed by atoms with Crippen LogP contribution in [0.1, 0.15) is 32.1 Å². The van der Waals surface area contributed by atoms with Crippen molar-refractivity contribution >= 4 is 17.3 Å². The lowest BCUT2D eigenvalue weighted by Gasteiger charge is -2.33. The van der Waals surface area contributed by atoms with Crippen molar-refractivity contribution in [2.45, 2.75) is 44.2 Å². The molecule has 0 radical (unpaired) electrons. The predicted octanol–water partition coefficient (Wildman–Crippen LogP) is 2.63. The predicted molar refractivity (Wildman–Crippen MR) is 78.4 cm³/mol. The van der Waals surface area contributed by atoms with E-state index < -0.39 is 6.10 Å². The van der Waals surface area contributed by atoms with E-state index in [1.165, 1.54) is 28.0 Å². The first kappa shape index (κ1) is 11.6. The Balaban J connectivity index is 1.71. The van der Waals surface area contributed by atoms with Gasteiger partial charge in [0.25, 0.3) is 0 Å². The summed E-state index contributed by atoms with van der Waals surface area (Å²) in [7, 11) is 0. The Morgan fingerprint density at radius 3 is 3.10 bits per heavy atom. The monoisotopic (exact) mass is 288 g/mol. The highest BCUT2D eigenvalue weighted by Gasteiger charge is 2.49. The van der Waals surface area contributed by atoms with Crippen molar-refractivity contribution < 1.29 is 5.11 Å². The summed E-state index contributed by atoms with van der Waals surface area (Å²) in [5.74, 6) is 0.982. The maximum absolute atomic E-state index is 10.2. The van der Waals surface area contributed by atoms with Gasteiger partial charge in [-0.15, -0.1) is 0 Å². The van der Waals surface area contributed by atoms with E-state index in [-0.39, 0.29) is 0 Å². The first-order chi connectivity index (χ1) is 9.74. The molecule has 2 unspecified atom stereocenters. The third kappa shape index (κ3) is 1.28. The van der Waals surface area contributed by atoms with Gasteiger partial charge in [-0.05, 0) is 48.3 Å². The van der Waals surface area contributed by atoms with E-state index in [1.807, 2.05) is 0 Å². The number of hydrogen-bond acceptors (Lipinski definition) is 3. The van der Waals surface area contributed by atoms with E-state index in [0.717, 1.165) is 32.1 Å². The number of nitrogens with one attached hydrogen (secondary N) is 1. The molecule has 0 aromatic heterocycles. The molecule has 0 aromatic rings. The number of nitrogens with zero attached hydrogens (tertiary/aromatic N) is 1. The lowest BCUT2D eigenvalue weighted by atomic mass is 9.70. The van der Waals surface area contributed by atoms with Crippen LogP contribution in [-0.4, -0.2) is 23.0 Å². The van der Waals surface area contributed by atoms with Gasteiger partial charge in [0.05, 0.1) is 22.9 Å². The molecule has 20 heavy (non-hydrogen) atoms. The van der Waals surface area contributed by atoms with Crippen LogP contribution in [0.3, 0.4) is 0 Å². The first-order valence-electron chi connectivity index (χ1n) is 7.58. The summed E-state index contributed by atoms with van der Waals surface area (Å²) in [4.78, 5) is 0. The van der Waals surface area contributed by atoms with E-state index >= 15 is 0 Å². The van der Waals surface area contributed by atoms with E-state index in [0.29, 0.717) is 22.9 Å². The van der Waals surface area contributed by atoms with Crippen molar-refractivity contribution in [3.8, 4) is 0 Å². The lowest BCUT2D eigenvalue weighted by Crippen LogP contribution is -2.36. The number of rotatable bonds is 0. The van der Waals surface area contributed by atoms with Crippen LogP contribution in [0, 0.1) is 11.8 Å². The summed E-state index contributed by atoms with van der Waals surface area (Å²) in [6, 6.07) is 0.374. The van der Waals surface area contributed by atoms with Crippen LogP contribution >= 0.6 is 11.6 Å². The van der Waals surface area contributed by atoms with Gasteiger partial charge in [-0.25, -0.2) is 0 Å². The molecule has 0 fully saturated rings. The average Bonchev–Trinajstić information content (AvgIpc) is 2.92. The second kappa shape index (κ2) is 3.77. The Hall–Kier alpha value is -1.06. The Morgan fingerprint density at radius 1 is 1.35 bits per heavy atom. The molecule has 4 atom stereocenters. The van der Waals surface area contributed by atoms with Gasteiger partial charge in [0, 0.05) is 12.3 Å². The van der Waals surface area contributed by atoms with E-state index in [1.54, 1.807) is 0 Å². The minimum atomic E-state index is -0.461. The fourth-order valence-corrected chi connectivity index (χ4v) is 5.14. The molecule has 104 valence electrons. The van der Waals surface area contributed by atoms with E-state index in [9.17, 15) is 5.11 Å². The maximum atomic E-state index is 10.2. The molecule has 6 rings (SSSR count). The number of aliphatic hydroxyl groups is 1. The Labute approximate surface area is 123 Å². The van der Waals surface area contributed by atoms with Gasteiger partial charge < -0.3 is 10.5 Å². The summed E-state index contributed by atoms with van der Waals surface area (Å²) in [5, 5.41) is 15.4. The number of allylic oxidation sites excluding steroid dienone is 3. The molecule has 2 N–H and O–H groups in total. The molecule has 4 bridgehead atoms. The Kier molecular flexibility index (Phi) is 2.19. The summed E-state index contributed by atoms with van der Waals surface area (Å²) in [6.07, 6.45) is 6.98. The quantitative estimate of drug-likeness (QED) is 0.720. The minimum absolute atomic E-state index is 0.374. The van der Waals surface area contributed by atoms with Gasteiger partial charge in [0.2, 0.25) is 0 Å². The van der Waals surface area contributed by atoms with Gasteiger partial charge in [-0.2, -0.15) is 5.10 Å². The smallest absolute Gasteiger partial charge is 0.0898 e. The molecule has 3 nitrogen and oxygen atoms in total. The number of fused-ring (bicyclic) bond motifs is 1. The summed E-state index contributed by atoms with van der Waals surface area (Å²) < 4.78 is 0. The fourth-order valence-electron chi connectivity index (χ4n) is 4.79. The van der Waals surface area contributed by atoms with Crippen molar-refractivity contribution in [1.82, 2.24) is 5.43 Å². The van der Waals surface area contributed by atoms with Gasteiger partial charge in [0.1, 0.15) is 0 Å². The van der Waals surface area contributed by atoms with Crippen molar-refractivity contribution in [2.75, 3.05) is 0 Å². The Morgan fingerprint density at radius 2 is 2.25 bits per heavy atom. The molecule has 0 amide bonds. The standard InChI is InChI=1S/C16H17ClN2O/c17-16-12(20)3-1-2-7-4-9-13(14(7)16)8-5-10-15(9)11(6-8)19-18-10/h5,7,10,12,15,18,20H,1-4,6H2/t7-,10?,12+,15?/m0/s1. The molecule has 4 heteroatoms. The highest BCUT2D eigenvalue weighted by atomic mass is 35.5. The summed E-state index contributed by atoms with van der Waals surface area (Å²) >= 11 is 6.54. The Bertz CT molecular complexity index is 643. The number of hydrogen-bond donors (Lipinski definition) is 2. The zero-order valence-corrected chi connectivity index (χ0v) is 12.0. The average molecular weight is 289 g/mol. The largest absolute Gasteiger partial charge is 0.387 e. The van der Waals surface area contributed by atoms with Gasteiger partial charge in [-0.3, -0.25) is 0 Å². The third-order valence-corrected chi connectivity index (χ3v) is 6.02. The van der Waals surface area contributed by atoms with Crippen LogP contribution in [0.25, 0.3) is 0 Å². The second-order valence-electron chi connectivity index (χ2n) is 6.61. The molecule has 1 aliphatic heterocycles. The van der Waals surface area contributed by atoms with Crippen LogP contribution in [0.2, 0.25) is 0 Å². The maximum Gasteiger partial charge on any atom is 0.0898 e. The van der Waals surface area contributed by atoms with Crippen molar-refractivity contribution in [3.63, 3.8) is 0 Å². The molecular weight excluding hydrogens is 272 g/mol. The molecular formula is C16H17ClN2O. The van der Waals surface area contributed by atoms with Gasteiger partial charge in [-0.1, -0.05) is 23.3 Å². The molecule has 0 spiro atoms. The van der Waals surface area contributed by atoms with Crippen molar-refractivity contribution in [3.05, 3.63) is 33.4 Å². The van der Waals surface area contributed by atoms with Crippen LogP contribution in [0.15, 0.2) is 38.5 Å². The zero-order valence-electron chi connectivity index (χ0n) is 11.2. The zero-order chi connectivity index (χ0) is 13.4. The summed E-state index contributed by atoms with van der Waals surface area (Å²) in [6.45, 7) is 0. The van der Waals surface area contributed by atoms with E-state index in [4.69, 9.17) is 11.6 Å². The second-order valence-corrected chi connectivity index (χ2v) is 7.02. The first-order valence-corrected chi connectivity index (χ1v) is 7.96. The fraction of sp³-hybridized carbons (Fsp3) is 0.562. The normalized spacial score (nSPS) is 41.1. The minimum Gasteiger partial charge on any atom is -0.387 e. The lowest BCUT2D eigenvalue weighted by molar-refractivity contribution is 0.206. The molecule has 0 aromatic carbocycles. The van der Waals surface area contributed by atoms with Crippen LogP contribution < -0.4 is 5.43 Å². The number of hydrazone groups is 1. The number of halogens is 1. The molecule has 0 saturated heterocycles. The van der Waals surface area contributed by atoms with Gasteiger partial charge >= 0.3 is 0 Å². The highest BCUT2D eigenvalue weighted by molar-refractivity contribution is 6.31. The molecule has 0 saturated carbocycles. The van der Waals surface area contributed by atoms with Crippen molar-refractivity contribution in [2.24, 2.45) is 16.9 Å². The van der Waals surface area contributed by atoms with Crippen LogP contribution in [0.4, 0.5) is 0 Å². The van der Waals surface area contributed by atoms with Crippen molar-refractivity contribution in [1.29, 1.82) is 0 Å². The summed E-state index contributed by atoms with van der Waals surface area (Å²) in [5.41, 5.74) is 10.1. The van der Waals surface area contributed by atoms with E-state index in [2.05, 4.69) is 16.6 Å². The SMILES string of the molecule is O[C@@H]1CCC[C@H]2CC3=C(C4=CC5NN=C(C4)C35)C2=C1Cl. The molecule has 6 aliphatic rings. The van der Waals surface area contributed by atoms with Gasteiger partial charge in [0.15, 0.2) is 0 Å². The van der Waals surface area contributed by atoms with Crippen LogP contribution in [0.5, 0.6) is 0 Å². The molecule has 5 aliphatic carbocycles.